The van der Waals surface area contributed by atoms with Gasteiger partial charge >= 0.3 is 5.82 Å². The van der Waals surface area contributed by atoms with Crippen LogP contribution in [0.2, 0.25) is 0 Å². The Morgan fingerprint density at radius 3 is 2.57 bits per heavy atom. The smallest absolute Gasteiger partial charge is 0.358 e. The molecule has 0 fully saturated rings. The number of hydrogen-bond donors (Lipinski definition) is 1. The second-order valence-corrected chi connectivity index (χ2v) is 4.66. The largest absolute Gasteiger partial charge is 0.390 e. The van der Waals surface area contributed by atoms with Crippen molar-refractivity contribution >= 4 is 17.4 Å². The third-order valence-electron chi connectivity index (χ3n) is 3.09. The van der Waals surface area contributed by atoms with Crippen molar-refractivity contribution < 1.29 is 9.72 Å². The molecule has 21 heavy (non-hydrogen) atoms. The third kappa shape index (κ3) is 3.65. The molecule has 0 saturated heterocycles. The third-order valence-corrected chi connectivity index (χ3v) is 3.09. The van der Waals surface area contributed by atoms with Crippen molar-refractivity contribution in [3.8, 4) is 0 Å². The SMILES string of the molecule is CCc1ccc(NC(=O)Cn2nc([N+](=O)[O-])cc2C)cc1. The Hall–Kier alpha value is -2.70. The molecule has 1 aromatic carbocycles. The second kappa shape index (κ2) is 6.17. The molecule has 0 aliphatic carbocycles. The number of carbonyl (C=O) groups excluding carboxylic acids is 1. The van der Waals surface area contributed by atoms with Gasteiger partial charge in [0.1, 0.15) is 6.54 Å². The van der Waals surface area contributed by atoms with Crippen molar-refractivity contribution in [3.05, 3.63) is 51.7 Å². The highest BCUT2D eigenvalue weighted by molar-refractivity contribution is 5.90. The van der Waals surface area contributed by atoms with E-state index < -0.39 is 4.92 Å². The van der Waals surface area contributed by atoms with Crippen LogP contribution in [-0.4, -0.2) is 20.6 Å². The van der Waals surface area contributed by atoms with Gasteiger partial charge in [0, 0.05) is 5.69 Å². The Bertz CT molecular complexity index is 661. The zero-order chi connectivity index (χ0) is 15.4. The van der Waals surface area contributed by atoms with E-state index in [-0.39, 0.29) is 18.3 Å². The highest BCUT2D eigenvalue weighted by atomic mass is 16.6. The molecule has 0 radical (unpaired) electrons. The molecule has 0 aliphatic rings. The summed E-state index contributed by atoms with van der Waals surface area (Å²) in [6, 6.07) is 8.88. The lowest BCUT2D eigenvalue weighted by Crippen LogP contribution is -2.20. The van der Waals surface area contributed by atoms with Crippen LogP contribution in [0.15, 0.2) is 30.3 Å². The summed E-state index contributed by atoms with van der Waals surface area (Å²) in [5.41, 5.74) is 2.45. The second-order valence-electron chi connectivity index (χ2n) is 4.66. The molecular weight excluding hydrogens is 272 g/mol. The first-order chi connectivity index (χ1) is 9.99. The molecule has 0 atom stereocenters. The Morgan fingerprint density at radius 2 is 2.05 bits per heavy atom. The normalized spacial score (nSPS) is 10.4. The summed E-state index contributed by atoms with van der Waals surface area (Å²) in [7, 11) is 0. The van der Waals surface area contributed by atoms with Crippen LogP contribution in [0.4, 0.5) is 11.5 Å². The van der Waals surface area contributed by atoms with Crippen LogP contribution in [0.3, 0.4) is 0 Å². The number of amides is 1. The standard InChI is InChI=1S/C14H16N4O3/c1-3-11-4-6-12(7-5-11)15-14(19)9-17-10(2)8-13(16-17)18(20)21/h4-8H,3,9H2,1-2H3,(H,15,19). The highest BCUT2D eigenvalue weighted by Crippen LogP contribution is 2.12. The molecule has 0 saturated carbocycles. The molecule has 1 N–H and O–H groups in total. The Labute approximate surface area is 121 Å². The van der Waals surface area contributed by atoms with Gasteiger partial charge < -0.3 is 15.4 Å². The van der Waals surface area contributed by atoms with Crippen molar-refractivity contribution in [2.24, 2.45) is 0 Å². The van der Waals surface area contributed by atoms with Crippen LogP contribution in [-0.2, 0) is 17.8 Å². The van der Waals surface area contributed by atoms with E-state index >= 15 is 0 Å². The number of nitrogens with zero attached hydrogens (tertiary/aromatic N) is 3. The molecule has 1 heterocycles. The van der Waals surface area contributed by atoms with Gasteiger partial charge in [-0.15, -0.1) is 0 Å². The van der Waals surface area contributed by atoms with Crippen molar-refractivity contribution in [1.82, 2.24) is 9.78 Å². The Morgan fingerprint density at radius 1 is 1.38 bits per heavy atom. The molecule has 1 aromatic heterocycles. The van der Waals surface area contributed by atoms with Gasteiger partial charge in [-0.2, -0.15) is 4.68 Å². The van der Waals surface area contributed by atoms with Gasteiger partial charge in [-0.25, -0.2) is 0 Å². The van der Waals surface area contributed by atoms with E-state index in [4.69, 9.17) is 0 Å². The monoisotopic (exact) mass is 288 g/mol. The molecule has 0 unspecified atom stereocenters. The number of hydrogen-bond acceptors (Lipinski definition) is 4. The lowest BCUT2D eigenvalue weighted by molar-refractivity contribution is -0.389. The summed E-state index contributed by atoms with van der Waals surface area (Å²) >= 11 is 0. The predicted octanol–water partition coefficient (Wildman–Crippen LogP) is 2.30. The molecule has 110 valence electrons. The van der Waals surface area contributed by atoms with Crippen LogP contribution in [0.25, 0.3) is 0 Å². The Kier molecular flexibility index (Phi) is 4.32. The summed E-state index contributed by atoms with van der Waals surface area (Å²) in [6.07, 6.45) is 0.935. The first-order valence-electron chi connectivity index (χ1n) is 6.57. The minimum Gasteiger partial charge on any atom is -0.358 e. The van der Waals surface area contributed by atoms with E-state index in [2.05, 4.69) is 17.3 Å². The molecule has 0 bridgehead atoms. The quantitative estimate of drug-likeness (QED) is 0.675. The van der Waals surface area contributed by atoms with E-state index in [0.29, 0.717) is 11.4 Å². The van der Waals surface area contributed by atoms with E-state index in [0.717, 1.165) is 6.42 Å². The molecule has 0 spiro atoms. The molecule has 7 nitrogen and oxygen atoms in total. The number of anilines is 1. The maximum Gasteiger partial charge on any atom is 0.390 e. The maximum absolute atomic E-state index is 11.9. The van der Waals surface area contributed by atoms with Crippen molar-refractivity contribution in [1.29, 1.82) is 0 Å². The van der Waals surface area contributed by atoms with E-state index in [1.54, 1.807) is 6.92 Å². The zero-order valence-electron chi connectivity index (χ0n) is 11.9. The lowest BCUT2D eigenvalue weighted by atomic mass is 10.1. The summed E-state index contributed by atoms with van der Waals surface area (Å²) in [6.45, 7) is 3.67. The number of nitrogens with one attached hydrogen (secondary N) is 1. The topological polar surface area (TPSA) is 90.1 Å². The van der Waals surface area contributed by atoms with E-state index in [1.165, 1.54) is 16.3 Å². The van der Waals surface area contributed by atoms with Gasteiger partial charge in [0.15, 0.2) is 0 Å². The highest BCUT2D eigenvalue weighted by Gasteiger charge is 2.17. The van der Waals surface area contributed by atoms with Crippen LogP contribution in [0.1, 0.15) is 18.2 Å². The van der Waals surface area contributed by atoms with E-state index in [9.17, 15) is 14.9 Å². The minimum atomic E-state index is -0.578. The number of rotatable bonds is 5. The number of nitro groups is 1. The van der Waals surface area contributed by atoms with Crippen molar-refractivity contribution in [2.45, 2.75) is 26.8 Å². The molecular formula is C14H16N4O3. The lowest BCUT2D eigenvalue weighted by Gasteiger charge is -2.05. The Balaban J connectivity index is 2.02. The van der Waals surface area contributed by atoms with Gasteiger partial charge in [-0.3, -0.25) is 4.79 Å². The fourth-order valence-corrected chi connectivity index (χ4v) is 1.90. The summed E-state index contributed by atoms with van der Waals surface area (Å²) in [4.78, 5) is 22.0. The first-order valence-corrected chi connectivity index (χ1v) is 6.57. The molecule has 7 heteroatoms. The summed E-state index contributed by atoms with van der Waals surface area (Å²) in [5, 5.41) is 17.1. The van der Waals surface area contributed by atoms with Crippen LogP contribution >= 0.6 is 0 Å². The predicted molar refractivity (Wildman–Crippen MR) is 78.1 cm³/mol. The van der Waals surface area contributed by atoms with Gasteiger partial charge in [0.25, 0.3) is 0 Å². The summed E-state index contributed by atoms with van der Waals surface area (Å²) in [5.74, 6) is -0.534. The molecule has 0 aliphatic heterocycles. The fraction of sp³-hybridized carbons (Fsp3) is 0.286. The van der Waals surface area contributed by atoms with Gasteiger partial charge in [-0.05, 0) is 36.0 Å². The maximum atomic E-state index is 11.9. The van der Waals surface area contributed by atoms with Crippen LogP contribution in [0, 0.1) is 17.0 Å². The van der Waals surface area contributed by atoms with Crippen molar-refractivity contribution in [3.63, 3.8) is 0 Å². The number of aromatic nitrogens is 2. The average molecular weight is 288 g/mol. The molecule has 2 aromatic rings. The number of benzene rings is 1. The molecule has 1 amide bonds. The van der Waals surface area contributed by atoms with Gasteiger partial charge in [-0.1, -0.05) is 19.1 Å². The van der Waals surface area contributed by atoms with Gasteiger partial charge in [0.2, 0.25) is 5.91 Å². The number of aryl methyl sites for hydroxylation is 2. The number of carbonyl (C=O) groups is 1. The zero-order valence-corrected chi connectivity index (χ0v) is 11.9. The van der Waals surface area contributed by atoms with Crippen molar-refractivity contribution in [2.75, 3.05) is 5.32 Å². The van der Waals surface area contributed by atoms with Gasteiger partial charge in [0.05, 0.1) is 16.9 Å². The summed E-state index contributed by atoms with van der Waals surface area (Å²) < 4.78 is 1.31. The van der Waals surface area contributed by atoms with Crippen LogP contribution in [0.5, 0.6) is 0 Å². The fourth-order valence-electron chi connectivity index (χ4n) is 1.90. The van der Waals surface area contributed by atoms with Crippen LogP contribution < -0.4 is 5.32 Å². The first kappa shape index (κ1) is 14.7. The molecule has 2 rings (SSSR count). The average Bonchev–Trinajstić information content (AvgIpc) is 2.81. The minimum absolute atomic E-state index is 0.0603. The van der Waals surface area contributed by atoms with E-state index in [1.807, 2.05) is 24.3 Å².